The number of hydrogen-bond donors (Lipinski definition) is 1. The standard InChI is InChI=1S/C33H42BrN3O5S/c1-5-42-30-19-17-29(18-20-30)37(43(4,40)41)21-9-12-32(38)36(24-27-13-15-28(34)16-14-27)31(33(39)35-23-25(2)3)22-26-10-7-6-8-11-26/h6-8,10-11,13-20,25,31H,5,9,12,21-24H2,1-4H3,(H,35,39)/t31-/m1/s1. The van der Waals surface area contributed by atoms with Gasteiger partial charge in [-0.15, -0.1) is 0 Å². The van der Waals surface area contributed by atoms with Crippen LogP contribution in [0.2, 0.25) is 0 Å². The molecule has 0 fully saturated rings. The van der Waals surface area contributed by atoms with Gasteiger partial charge in [0.1, 0.15) is 11.8 Å². The Morgan fingerprint density at radius 1 is 0.930 bits per heavy atom. The average molecular weight is 673 g/mol. The quantitative estimate of drug-likeness (QED) is 0.208. The molecule has 0 saturated carbocycles. The van der Waals surface area contributed by atoms with Crippen molar-refractivity contribution >= 4 is 43.5 Å². The minimum Gasteiger partial charge on any atom is -0.494 e. The van der Waals surface area contributed by atoms with Gasteiger partial charge in [0, 0.05) is 36.9 Å². The van der Waals surface area contributed by atoms with Crippen LogP contribution in [0.5, 0.6) is 5.75 Å². The first-order valence-corrected chi connectivity index (χ1v) is 17.2. The highest BCUT2D eigenvalue weighted by molar-refractivity contribution is 9.10. The largest absolute Gasteiger partial charge is 0.494 e. The van der Waals surface area contributed by atoms with E-state index in [0.29, 0.717) is 31.0 Å². The first-order chi connectivity index (χ1) is 20.5. The minimum absolute atomic E-state index is 0.0718. The van der Waals surface area contributed by atoms with E-state index in [1.165, 1.54) is 4.31 Å². The summed E-state index contributed by atoms with van der Waals surface area (Å²) in [5.41, 5.74) is 2.33. The number of halogens is 1. The fourth-order valence-corrected chi connectivity index (χ4v) is 5.87. The molecule has 0 radical (unpaired) electrons. The maximum Gasteiger partial charge on any atom is 0.243 e. The lowest BCUT2D eigenvalue weighted by molar-refractivity contribution is -0.141. The lowest BCUT2D eigenvalue weighted by Crippen LogP contribution is -2.51. The molecule has 0 aliphatic carbocycles. The molecule has 10 heteroatoms. The Bertz CT molecular complexity index is 1420. The lowest BCUT2D eigenvalue weighted by Gasteiger charge is -2.32. The molecule has 0 heterocycles. The number of rotatable bonds is 16. The molecule has 0 aliphatic rings. The topological polar surface area (TPSA) is 96.0 Å². The summed E-state index contributed by atoms with van der Waals surface area (Å²) >= 11 is 3.46. The molecule has 3 aromatic rings. The highest BCUT2D eigenvalue weighted by Crippen LogP contribution is 2.23. The average Bonchev–Trinajstić information content (AvgIpc) is 2.97. The lowest BCUT2D eigenvalue weighted by atomic mass is 10.0. The summed E-state index contributed by atoms with van der Waals surface area (Å²) in [6.45, 7) is 7.29. The number of benzene rings is 3. The Kier molecular flexibility index (Phi) is 13.1. The van der Waals surface area contributed by atoms with Gasteiger partial charge in [0.05, 0.1) is 18.6 Å². The molecule has 1 N–H and O–H groups in total. The van der Waals surface area contributed by atoms with Gasteiger partial charge in [-0.25, -0.2) is 8.42 Å². The summed E-state index contributed by atoms with van der Waals surface area (Å²) in [4.78, 5) is 29.2. The highest BCUT2D eigenvalue weighted by atomic mass is 79.9. The smallest absolute Gasteiger partial charge is 0.243 e. The molecule has 2 amide bonds. The maximum atomic E-state index is 13.9. The van der Waals surface area contributed by atoms with Gasteiger partial charge in [-0.2, -0.15) is 0 Å². The zero-order chi connectivity index (χ0) is 31.4. The van der Waals surface area contributed by atoms with Gasteiger partial charge < -0.3 is 15.0 Å². The molecule has 0 bridgehead atoms. The van der Waals surface area contributed by atoms with Crippen LogP contribution < -0.4 is 14.4 Å². The molecule has 3 rings (SSSR count). The molecular weight excluding hydrogens is 630 g/mol. The van der Waals surface area contributed by atoms with Crippen LogP contribution in [0, 0.1) is 5.92 Å². The summed E-state index contributed by atoms with van der Waals surface area (Å²) in [5, 5.41) is 3.02. The van der Waals surface area contributed by atoms with Crippen LogP contribution in [0.4, 0.5) is 5.69 Å². The third-order valence-electron chi connectivity index (χ3n) is 6.81. The number of nitrogens with zero attached hydrogens (tertiary/aromatic N) is 2. The van der Waals surface area contributed by atoms with E-state index >= 15 is 0 Å². The summed E-state index contributed by atoms with van der Waals surface area (Å²) in [6.07, 6.45) is 1.86. The van der Waals surface area contributed by atoms with Crippen LogP contribution >= 0.6 is 15.9 Å². The van der Waals surface area contributed by atoms with Gasteiger partial charge in [-0.1, -0.05) is 72.2 Å². The molecule has 232 valence electrons. The van der Waals surface area contributed by atoms with Crippen molar-refractivity contribution in [1.82, 2.24) is 10.2 Å². The number of sulfonamides is 1. The molecular formula is C33H42BrN3O5S. The van der Waals surface area contributed by atoms with Crippen molar-refractivity contribution in [2.24, 2.45) is 5.92 Å². The second kappa shape index (κ2) is 16.5. The number of hydrogen-bond acceptors (Lipinski definition) is 5. The number of anilines is 1. The number of carbonyl (C=O) groups is 2. The molecule has 3 aromatic carbocycles. The molecule has 1 atom stereocenters. The van der Waals surface area contributed by atoms with Gasteiger partial charge in [0.25, 0.3) is 0 Å². The molecule has 0 aromatic heterocycles. The van der Waals surface area contributed by atoms with Crippen molar-refractivity contribution in [1.29, 1.82) is 0 Å². The SMILES string of the molecule is CCOc1ccc(N(CCCC(=O)N(Cc2ccc(Br)cc2)[C@H](Cc2ccccc2)C(=O)NCC(C)C)S(C)(=O)=O)cc1. The third kappa shape index (κ3) is 11.0. The second-order valence-corrected chi connectivity index (χ2v) is 13.7. The van der Waals surface area contributed by atoms with Crippen LogP contribution in [0.15, 0.2) is 83.3 Å². The van der Waals surface area contributed by atoms with Crippen molar-refractivity contribution in [2.45, 2.75) is 52.6 Å². The van der Waals surface area contributed by atoms with Crippen LogP contribution in [0.1, 0.15) is 44.7 Å². The van der Waals surface area contributed by atoms with Crippen molar-refractivity contribution in [2.75, 3.05) is 30.3 Å². The Morgan fingerprint density at radius 3 is 2.16 bits per heavy atom. The highest BCUT2D eigenvalue weighted by Gasteiger charge is 2.30. The van der Waals surface area contributed by atoms with E-state index < -0.39 is 16.1 Å². The van der Waals surface area contributed by atoms with E-state index in [1.54, 1.807) is 29.2 Å². The van der Waals surface area contributed by atoms with Gasteiger partial charge in [0.2, 0.25) is 21.8 Å². The summed E-state index contributed by atoms with van der Waals surface area (Å²) in [7, 11) is -3.60. The van der Waals surface area contributed by atoms with Gasteiger partial charge in [0.15, 0.2) is 0 Å². The van der Waals surface area contributed by atoms with Crippen molar-refractivity contribution < 1.29 is 22.7 Å². The Balaban J connectivity index is 1.85. The van der Waals surface area contributed by atoms with Crippen LogP contribution in [-0.2, 0) is 32.6 Å². The van der Waals surface area contributed by atoms with E-state index in [9.17, 15) is 18.0 Å². The first kappa shape index (κ1) is 34.1. The zero-order valence-corrected chi connectivity index (χ0v) is 27.7. The normalized spacial score (nSPS) is 12.0. The number of carbonyl (C=O) groups excluding carboxylic acids is 2. The van der Waals surface area contributed by atoms with E-state index in [0.717, 1.165) is 21.9 Å². The molecule has 0 aliphatic heterocycles. The fourth-order valence-electron chi connectivity index (χ4n) is 4.64. The number of nitrogens with one attached hydrogen (secondary N) is 1. The predicted molar refractivity (Wildman–Crippen MR) is 176 cm³/mol. The van der Waals surface area contributed by atoms with Crippen molar-refractivity contribution in [3.63, 3.8) is 0 Å². The van der Waals surface area contributed by atoms with Crippen LogP contribution in [0.25, 0.3) is 0 Å². The first-order valence-electron chi connectivity index (χ1n) is 14.5. The monoisotopic (exact) mass is 671 g/mol. The Labute approximate surface area is 264 Å². The van der Waals surface area contributed by atoms with Crippen molar-refractivity contribution in [3.05, 3.63) is 94.5 Å². The molecule has 0 spiro atoms. The van der Waals surface area contributed by atoms with Crippen LogP contribution in [0.3, 0.4) is 0 Å². The summed E-state index contributed by atoms with van der Waals surface area (Å²) in [5.74, 6) is 0.471. The van der Waals surface area contributed by atoms with Gasteiger partial charge in [-0.05, 0) is 66.8 Å². The molecule has 8 nitrogen and oxygen atoms in total. The molecule has 0 unspecified atom stereocenters. The predicted octanol–water partition coefficient (Wildman–Crippen LogP) is 5.81. The summed E-state index contributed by atoms with van der Waals surface area (Å²) < 4.78 is 33.1. The third-order valence-corrected chi connectivity index (χ3v) is 8.53. The maximum absolute atomic E-state index is 13.9. The molecule has 0 saturated heterocycles. The zero-order valence-electron chi connectivity index (χ0n) is 25.3. The van der Waals surface area contributed by atoms with E-state index in [-0.39, 0.29) is 43.7 Å². The second-order valence-electron chi connectivity index (χ2n) is 10.9. The van der Waals surface area contributed by atoms with Gasteiger partial charge >= 0.3 is 0 Å². The van der Waals surface area contributed by atoms with Crippen LogP contribution in [-0.4, -0.2) is 57.1 Å². The Morgan fingerprint density at radius 2 is 1.58 bits per heavy atom. The van der Waals surface area contributed by atoms with Crippen molar-refractivity contribution in [3.8, 4) is 5.75 Å². The Hall–Kier alpha value is -3.37. The fraction of sp³-hybridized carbons (Fsp3) is 0.394. The van der Waals surface area contributed by atoms with E-state index in [4.69, 9.17) is 4.74 Å². The molecule has 43 heavy (non-hydrogen) atoms. The van der Waals surface area contributed by atoms with Gasteiger partial charge in [-0.3, -0.25) is 13.9 Å². The summed E-state index contributed by atoms with van der Waals surface area (Å²) in [6, 6.07) is 23.4. The minimum atomic E-state index is -3.60. The van der Waals surface area contributed by atoms with E-state index in [1.807, 2.05) is 75.4 Å². The number of ether oxygens (including phenoxy) is 1. The van der Waals surface area contributed by atoms with E-state index in [2.05, 4.69) is 21.2 Å². The number of amides is 2.